The highest BCUT2D eigenvalue weighted by molar-refractivity contribution is 7.10. The highest BCUT2D eigenvalue weighted by Gasteiger charge is 2.22. The van der Waals surface area contributed by atoms with Crippen LogP contribution in [0.1, 0.15) is 35.4 Å². The number of aromatic nitrogens is 3. The highest BCUT2D eigenvalue weighted by atomic mass is 32.1. The molecule has 3 heterocycles. The lowest BCUT2D eigenvalue weighted by Crippen LogP contribution is -2.27. The zero-order valence-corrected chi connectivity index (χ0v) is 12.9. The molecule has 3 aromatic rings. The molecule has 0 fully saturated rings. The molecule has 3 rings (SSSR count). The van der Waals surface area contributed by atoms with Crippen LogP contribution >= 0.6 is 11.3 Å². The zero-order chi connectivity index (χ0) is 14.7. The maximum absolute atomic E-state index is 4.51. The van der Waals surface area contributed by atoms with Gasteiger partial charge in [-0.15, -0.1) is 11.3 Å². The van der Waals surface area contributed by atoms with Gasteiger partial charge in [-0.25, -0.2) is 4.98 Å². The maximum atomic E-state index is 4.51. The Morgan fingerprint density at radius 3 is 2.67 bits per heavy atom. The van der Waals surface area contributed by atoms with E-state index in [1.54, 1.807) is 11.3 Å². The van der Waals surface area contributed by atoms with Crippen LogP contribution in [0.15, 0.2) is 54.3 Å². The number of nitrogens with one attached hydrogen (secondary N) is 1. The summed E-state index contributed by atoms with van der Waals surface area (Å²) < 4.78 is 2.06. The first-order valence-electron chi connectivity index (χ1n) is 6.93. The number of imidazole rings is 1. The normalized spacial score (nSPS) is 14.0. The van der Waals surface area contributed by atoms with Crippen molar-refractivity contribution in [2.24, 2.45) is 7.05 Å². The van der Waals surface area contributed by atoms with E-state index in [2.05, 4.69) is 44.3 Å². The number of nitrogens with zero attached hydrogens (tertiary/aromatic N) is 3. The fraction of sp³-hybridized carbons (Fsp3) is 0.250. The minimum atomic E-state index is 0.0713. The van der Waals surface area contributed by atoms with Crippen molar-refractivity contribution in [2.75, 3.05) is 0 Å². The number of hydrogen-bond donors (Lipinski definition) is 1. The minimum Gasteiger partial charge on any atom is -0.336 e. The van der Waals surface area contributed by atoms with Gasteiger partial charge in [0.2, 0.25) is 0 Å². The lowest BCUT2D eigenvalue weighted by molar-refractivity contribution is 0.486. The summed E-state index contributed by atoms with van der Waals surface area (Å²) in [4.78, 5) is 10.2. The summed E-state index contributed by atoms with van der Waals surface area (Å²) in [5.74, 6) is 1.01. The second-order valence-corrected chi connectivity index (χ2v) is 5.97. The first-order valence-corrected chi connectivity index (χ1v) is 7.81. The van der Waals surface area contributed by atoms with Gasteiger partial charge in [0.15, 0.2) is 0 Å². The number of aryl methyl sites for hydroxylation is 1. The monoisotopic (exact) mass is 298 g/mol. The molecule has 0 amide bonds. The predicted molar refractivity (Wildman–Crippen MR) is 85.2 cm³/mol. The molecule has 0 bridgehead atoms. The second kappa shape index (κ2) is 6.20. The third-order valence-electron chi connectivity index (χ3n) is 3.49. The molecule has 108 valence electrons. The average Bonchev–Trinajstić information content (AvgIpc) is 3.17. The van der Waals surface area contributed by atoms with Crippen LogP contribution in [-0.2, 0) is 7.05 Å². The molecule has 0 radical (unpaired) electrons. The van der Waals surface area contributed by atoms with Crippen molar-refractivity contribution < 1.29 is 0 Å². The van der Waals surface area contributed by atoms with Gasteiger partial charge < -0.3 is 4.57 Å². The Balaban J connectivity index is 1.89. The van der Waals surface area contributed by atoms with E-state index in [0.29, 0.717) is 0 Å². The van der Waals surface area contributed by atoms with Crippen LogP contribution < -0.4 is 5.32 Å². The molecule has 0 aromatic carbocycles. The second-order valence-electron chi connectivity index (χ2n) is 4.99. The average molecular weight is 298 g/mol. The Kier molecular flexibility index (Phi) is 4.13. The lowest BCUT2D eigenvalue weighted by atomic mass is 10.1. The number of rotatable bonds is 5. The quantitative estimate of drug-likeness (QED) is 0.786. The predicted octanol–water partition coefficient (Wildman–Crippen LogP) is 3.32. The summed E-state index contributed by atoms with van der Waals surface area (Å²) in [6, 6.07) is 10.4. The van der Waals surface area contributed by atoms with Crippen molar-refractivity contribution in [1.29, 1.82) is 0 Å². The van der Waals surface area contributed by atoms with E-state index in [0.717, 1.165) is 11.5 Å². The molecule has 3 aromatic heterocycles. The topological polar surface area (TPSA) is 42.7 Å². The molecule has 0 saturated carbocycles. The molecule has 0 spiro atoms. The van der Waals surface area contributed by atoms with Crippen molar-refractivity contribution in [2.45, 2.75) is 19.0 Å². The van der Waals surface area contributed by atoms with Crippen LogP contribution in [0.5, 0.6) is 0 Å². The summed E-state index contributed by atoms with van der Waals surface area (Å²) in [5.41, 5.74) is 1.04. The van der Waals surface area contributed by atoms with Crippen LogP contribution in [0, 0.1) is 0 Å². The summed E-state index contributed by atoms with van der Waals surface area (Å²) >= 11 is 1.74. The van der Waals surface area contributed by atoms with Crippen molar-refractivity contribution in [3.63, 3.8) is 0 Å². The van der Waals surface area contributed by atoms with Crippen LogP contribution in [0.2, 0.25) is 0 Å². The molecule has 1 N–H and O–H groups in total. The fourth-order valence-corrected chi connectivity index (χ4v) is 3.14. The molecule has 0 aliphatic rings. The van der Waals surface area contributed by atoms with Crippen LogP contribution in [0.25, 0.3) is 0 Å². The number of hydrogen-bond acceptors (Lipinski definition) is 4. The fourth-order valence-electron chi connectivity index (χ4n) is 2.36. The Hall–Kier alpha value is -1.98. The van der Waals surface area contributed by atoms with Gasteiger partial charge >= 0.3 is 0 Å². The third-order valence-corrected chi connectivity index (χ3v) is 4.43. The number of pyridine rings is 1. The van der Waals surface area contributed by atoms with Crippen LogP contribution in [0.4, 0.5) is 0 Å². The molecule has 4 nitrogen and oxygen atoms in total. The highest BCUT2D eigenvalue weighted by Crippen LogP contribution is 2.27. The maximum Gasteiger partial charge on any atom is 0.131 e. The van der Waals surface area contributed by atoms with Gasteiger partial charge in [-0.3, -0.25) is 10.3 Å². The molecular formula is C16H18N4S. The van der Waals surface area contributed by atoms with E-state index in [1.165, 1.54) is 4.88 Å². The van der Waals surface area contributed by atoms with Gasteiger partial charge in [-0.2, -0.15) is 0 Å². The van der Waals surface area contributed by atoms with E-state index >= 15 is 0 Å². The van der Waals surface area contributed by atoms with E-state index in [4.69, 9.17) is 0 Å². The SMILES string of the molecule is C[C@H](NC(c1cccs1)c1nccn1C)c1ccccn1. The first-order chi connectivity index (χ1) is 10.3. The number of thiophene rings is 1. The summed E-state index contributed by atoms with van der Waals surface area (Å²) in [7, 11) is 2.02. The van der Waals surface area contributed by atoms with Gasteiger partial charge in [-0.05, 0) is 30.5 Å². The lowest BCUT2D eigenvalue weighted by Gasteiger charge is -2.22. The van der Waals surface area contributed by atoms with Crippen molar-refractivity contribution in [3.8, 4) is 0 Å². The van der Waals surface area contributed by atoms with Crippen molar-refractivity contribution >= 4 is 11.3 Å². The molecule has 21 heavy (non-hydrogen) atoms. The molecule has 5 heteroatoms. The minimum absolute atomic E-state index is 0.0713. The molecule has 2 atom stereocenters. The molecule has 0 saturated heterocycles. The van der Waals surface area contributed by atoms with E-state index in [-0.39, 0.29) is 12.1 Å². The summed E-state index contributed by atoms with van der Waals surface area (Å²) in [6.45, 7) is 2.13. The van der Waals surface area contributed by atoms with Crippen molar-refractivity contribution in [1.82, 2.24) is 19.9 Å². The largest absolute Gasteiger partial charge is 0.336 e. The first kappa shape index (κ1) is 14.0. The Bertz CT molecular complexity index is 675. The molecule has 0 aliphatic heterocycles. The van der Waals surface area contributed by atoms with Gasteiger partial charge in [0.25, 0.3) is 0 Å². The molecular weight excluding hydrogens is 280 g/mol. The van der Waals surface area contributed by atoms with Gasteiger partial charge in [-0.1, -0.05) is 12.1 Å². The van der Waals surface area contributed by atoms with E-state index in [9.17, 15) is 0 Å². The van der Waals surface area contributed by atoms with E-state index in [1.807, 2.05) is 43.8 Å². The summed E-state index contributed by atoms with van der Waals surface area (Å²) in [6.07, 6.45) is 5.64. The van der Waals surface area contributed by atoms with E-state index < -0.39 is 0 Å². The Labute approximate surface area is 128 Å². The third kappa shape index (κ3) is 3.04. The van der Waals surface area contributed by atoms with Gasteiger partial charge in [0.05, 0.1) is 5.69 Å². The standard InChI is InChI=1S/C16H18N4S/c1-12(13-6-3-4-8-17-13)19-15(14-7-5-11-21-14)16-18-9-10-20(16)2/h3-12,15,19H,1-2H3/t12-,15?/m0/s1. The van der Waals surface area contributed by atoms with Gasteiger partial charge in [0.1, 0.15) is 11.9 Å². The summed E-state index contributed by atoms with van der Waals surface area (Å²) in [5, 5.41) is 5.74. The zero-order valence-electron chi connectivity index (χ0n) is 12.1. The van der Waals surface area contributed by atoms with Crippen LogP contribution in [-0.4, -0.2) is 14.5 Å². The Morgan fingerprint density at radius 1 is 1.14 bits per heavy atom. The van der Waals surface area contributed by atoms with Crippen LogP contribution in [0.3, 0.4) is 0 Å². The van der Waals surface area contributed by atoms with Gasteiger partial charge in [0, 0.05) is 36.6 Å². The van der Waals surface area contributed by atoms with Crippen molar-refractivity contribution in [3.05, 3.63) is 70.7 Å². The molecule has 1 unspecified atom stereocenters. The smallest absolute Gasteiger partial charge is 0.131 e. The Morgan fingerprint density at radius 2 is 2.05 bits per heavy atom. The molecule has 0 aliphatic carbocycles.